The Labute approximate surface area is 121 Å². The van der Waals surface area contributed by atoms with E-state index in [0.29, 0.717) is 12.6 Å². The Morgan fingerprint density at radius 3 is 2.70 bits per heavy atom. The number of likely N-dealkylation sites (N-methyl/N-ethyl adjacent to an activating group) is 2. The fourth-order valence-electron chi connectivity index (χ4n) is 2.87. The number of hydrogen-bond donors (Lipinski definition) is 1. The van der Waals surface area contributed by atoms with E-state index in [2.05, 4.69) is 5.32 Å². The van der Waals surface area contributed by atoms with Gasteiger partial charge in [-0.05, 0) is 25.5 Å². The van der Waals surface area contributed by atoms with Crippen LogP contribution < -0.4 is 5.32 Å². The molecule has 110 valence electrons. The Balaban J connectivity index is 1.87. The summed E-state index contributed by atoms with van der Waals surface area (Å²) in [5.74, 6) is 0. The maximum absolute atomic E-state index is 12.2. The second kappa shape index (κ2) is 7.29. The van der Waals surface area contributed by atoms with Crippen LogP contribution in [0.3, 0.4) is 0 Å². The van der Waals surface area contributed by atoms with Crippen LogP contribution in [0.2, 0.25) is 0 Å². The molecule has 20 heavy (non-hydrogen) atoms. The minimum Gasteiger partial charge on any atom is -0.445 e. The first kappa shape index (κ1) is 14.9. The van der Waals surface area contributed by atoms with Gasteiger partial charge in [-0.25, -0.2) is 4.79 Å². The molecule has 1 amide bonds. The highest BCUT2D eigenvalue weighted by molar-refractivity contribution is 5.67. The van der Waals surface area contributed by atoms with Crippen LogP contribution in [0, 0.1) is 0 Å². The number of benzene rings is 1. The SMILES string of the molecule is CNC1CCCCC1N(C)C(=O)OCc1ccccc1. The molecule has 2 unspecified atom stereocenters. The van der Waals surface area contributed by atoms with Gasteiger partial charge in [0.15, 0.2) is 0 Å². The first-order valence-corrected chi connectivity index (χ1v) is 7.33. The largest absolute Gasteiger partial charge is 0.445 e. The minimum atomic E-state index is -0.235. The fourth-order valence-corrected chi connectivity index (χ4v) is 2.87. The van der Waals surface area contributed by atoms with E-state index in [1.807, 2.05) is 44.4 Å². The maximum atomic E-state index is 12.2. The summed E-state index contributed by atoms with van der Waals surface area (Å²) in [6.45, 7) is 0.334. The molecule has 0 radical (unpaired) electrons. The third-order valence-corrected chi connectivity index (χ3v) is 4.09. The summed E-state index contributed by atoms with van der Waals surface area (Å²) in [4.78, 5) is 13.9. The molecule has 1 saturated carbocycles. The fraction of sp³-hybridized carbons (Fsp3) is 0.562. The lowest BCUT2D eigenvalue weighted by molar-refractivity contribution is 0.0753. The topological polar surface area (TPSA) is 41.6 Å². The molecule has 2 atom stereocenters. The molecule has 4 heteroatoms. The number of hydrogen-bond acceptors (Lipinski definition) is 3. The van der Waals surface area contributed by atoms with Gasteiger partial charge in [0.1, 0.15) is 6.61 Å². The molecule has 2 rings (SSSR count). The maximum Gasteiger partial charge on any atom is 0.410 e. The van der Waals surface area contributed by atoms with Gasteiger partial charge in [0.05, 0.1) is 0 Å². The Hall–Kier alpha value is -1.55. The average Bonchev–Trinajstić information content (AvgIpc) is 2.52. The van der Waals surface area contributed by atoms with E-state index in [4.69, 9.17) is 4.74 Å². The number of ether oxygens (including phenoxy) is 1. The van der Waals surface area contributed by atoms with Crippen LogP contribution >= 0.6 is 0 Å². The van der Waals surface area contributed by atoms with Crippen molar-refractivity contribution in [2.75, 3.05) is 14.1 Å². The Kier molecular flexibility index (Phi) is 5.41. The van der Waals surface area contributed by atoms with E-state index >= 15 is 0 Å². The first-order chi connectivity index (χ1) is 9.72. The van der Waals surface area contributed by atoms with E-state index in [9.17, 15) is 4.79 Å². The van der Waals surface area contributed by atoms with Crippen molar-refractivity contribution < 1.29 is 9.53 Å². The van der Waals surface area contributed by atoms with Crippen molar-refractivity contribution in [1.29, 1.82) is 0 Å². The van der Waals surface area contributed by atoms with E-state index in [0.717, 1.165) is 18.4 Å². The molecule has 4 nitrogen and oxygen atoms in total. The number of rotatable bonds is 4. The zero-order valence-corrected chi connectivity index (χ0v) is 12.3. The van der Waals surface area contributed by atoms with Gasteiger partial charge in [-0.2, -0.15) is 0 Å². The third-order valence-electron chi connectivity index (χ3n) is 4.09. The summed E-state index contributed by atoms with van der Waals surface area (Å²) in [5.41, 5.74) is 1.02. The van der Waals surface area contributed by atoms with Crippen molar-refractivity contribution in [1.82, 2.24) is 10.2 Å². The predicted molar refractivity (Wildman–Crippen MR) is 79.5 cm³/mol. The molecule has 1 fully saturated rings. The van der Waals surface area contributed by atoms with Crippen LogP contribution in [-0.4, -0.2) is 37.2 Å². The van der Waals surface area contributed by atoms with Gasteiger partial charge in [0.25, 0.3) is 0 Å². The minimum absolute atomic E-state index is 0.233. The predicted octanol–water partition coefficient (Wildman–Crippen LogP) is 2.79. The van der Waals surface area contributed by atoms with E-state index in [1.165, 1.54) is 12.8 Å². The van der Waals surface area contributed by atoms with Crippen molar-refractivity contribution in [2.24, 2.45) is 0 Å². The molecule has 0 aromatic heterocycles. The van der Waals surface area contributed by atoms with Crippen LogP contribution in [0.4, 0.5) is 4.79 Å². The zero-order chi connectivity index (χ0) is 14.4. The van der Waals surface area contributed by atoms with Crippen LogP contribution in [0.25, 0.3) is 0 Å². The van der Waals surface area contributed by atoms with Gasteiger partial charge in [-0.15, -0.1) is 0 Å². The molecular formula is C16H24N2O2. The summed E-state index contributed by atoms with van der Waals surface area (Å²) in [6, 6.07) is 10.4. The molecular weight excluding hydrogens is 252 g/mol. The van der Waals surface area contributed by atoms with Gasteiger partial charge >= 0.3 is 6.09 Å². The summed E-state index contributed by atoms with van der Waals surface area (Å²) < 4.78 is 5.40. The Bertz CT molecular complexity index is 422. The van der Waals surface area contributed by atoms with Crippen LogP contribution in [0.15, 0.2) is 30.3 Å². The number of nitrogens with zero attached hydrogens (tertiary/aromatic N) is 1. The van der Waals surface area contributed by atoms with Gasteiger partial charge < -0.3 is 15.0 Å². The molecule has 0 spiro atoms. The van der Waals surface area contributed by atoms with Crippen LogP contribution in [0.5, 0.6) is 0 Å². The van der Waals surface area contributed by atoms with E-state index < -0.39 is 0 Å². The lowest BCUT2D eigenvalue weighted by Gasteiger charge is -2.37. The molecule has 1 aliphatic carbocycles. The molecule has 1 aromatic carbocycles. The lowest BCUT2D eigenvalue weighted by Crippen LogP contribution is -2.51. The molecule has 1 N–H and O–H groups in total. The molecule has 0 aliphatic heterocycles. The Morgan fingerprint density at radius 1 is 1.30 bits per heavy atom. The molecule has 0 saturated heterocycles. The highest BCUT2D eigenvalue weighted by Gasteiger charge is 2.30. The average molecular weight is 276 g/mol. The lowest BCUT2D eigenvalue weighted by atomic mass is 9.90. The smallest absolute Gasteiger partial charge is 0.410 e. The van der Waals surface area contributed by atoms with Gasteiger partial charge in [0, 0.05) is 19.1 Å². The van der Waals surface area contributed by atoms with Gasteiger partial charge in [-0.1, -0.05) is 43.2 Å². The summed E-state index contributed by atoms with van der Waals surface area (Å²) in [6.07, 6.45) is 4.34. The highest BCUT2D eigenvalue weighted by Crippen LogP contribution is 2.22. The van der Waals surface area contributed by atoms with Crippen LogP contribution in [0.1, 0.15) is 31.2 Å². The monoisotopic (exact) mass is 276 g/mol. The second-order valence-corrected chi connectivity index (χ2v) is 5.40. The molecule has 0 bridgehead atoms. The van der Waals surface area contributed by atoms with Crippen molar-refractivity contribution in [3.8, 4) is 0 Å². The van der Waals surface area contributed by atoms with Crippen molar-refractivity contribution in [3.63, 3.8) is 0 Å². The first-order valence-electron chi connectivity index (χ1n) is 7.33. The van der Waals surface area contributed by atoms with Gasteiger partial charge in [0.2, 0.25) is 0 Å². The van der Waals surface area contributed by atoms with E-state index in [1.54, 1.807) is 4.90 Å². The number of amides is 1. The van der Waals surface area contributed by atoms with Crippen molar-refractivity contribution in [3.05, 3.63) is 35.9 Å². The third kappa shape index (κ3) is 3.73. The standard InChI is InChI=1S/C16H24N2O2/c1-17-14-10-6-7-11-15(14)18(2)16(19)20-12-13-8-4-3-5-9-13/h3-5,8-9,14-15,17H,6-7,10-12H2,1-2H3. The van der Waals surface area contributed by atoms with Gasteiger partial charge in [-0.3, -0.25) is 0 Å². The number of carbonyl (C=O) groups is 1. The quantitative estimate of drug-likeness (QED) is 0.919. The molecule has 1 aromatic rings. The summed E-state index contributed by atoms with van der Waals surface area (Å²) >= 11 is 0. The molecule has 1 aliphatic rings. The highest BCUT2D eigenvalue weighted by atomic mass is 16.6. The van der Waals surface area contributed by atoms with Crippen molar-refractivity contribution in [2.45, 2.75) is 44.4 Å². The second-order valence-electron chi connectivity index (χ2n) is 5.40. The zero-order valence-electron chi connectivity index (χ0n) is 12.3. The summed E-state index contributed by atoms with van der Waals surface area (Å²) in [5, 5.41) is 3.31. The van der Waals surface area contributed by atoms with Crippen LogP contribution in [-0.2, 0) is 11.3 Å². The normalized spacial score (nSPS) is 22.3. The van der Waals surface area contributed by atoms with Crippen molar-refractivity contribution >= 4 is 6.09 Å². The number of nitrogens with one attached hydrogen (secondary N) is 1. The Morgan fingerprint density at radius 2 is 2.00 bits per heavy atom. The molecule has 0 heterocycles. The number of carbonyl (C=O) groups excluding carboxylic acids is 1. The van der Waals surface area contributed by atoms with E-state index in [-0.39, 0.29) is 12.1 Å². The summed E-state index contributed by atoms with van der Waals surface area (Å²) in [7, 11) is 3.81.